The molecule has 0 fully saturated rings. The highest BCUT2D eigenvalue weighted by Crippen LogP contribution is 2.38. The molecule has 2 rings (SSSR count). The van der Waals surface area contributed by atoms with Crippen molar-refractivity contribution in [3.05, 3.63) is 29.9 Å². The molecule has 40 heavy (non-hydrogen) atoms. The Bertz CT molecular complexity index is 863. The minimum absolute atomic E-state index is 0.116. The van der Waals surface area contributed by atoms with Gasteiger partial charge in [-0.15, -0.1) is 0 Å². The van der Waals surface area contributed by atoms with Crippen LogP contribution in [0.25, 0.3) is 5.57 Å². The third-order valence-electron chi connectivity index (χ3n) is 7.60. The molecule has 230 valence electrons. The van der Waals surface area contributed by atoms with E-state index in [-0.39, 0.29) is 10.5 Å². The van der Waals surface area contributed by atoms with Crippen molar-refractivity contribution in [2.45, 2.75) is 71.7 Å². The molecule has 0 N–H and O–H groups in total. The fourth-order valence-corrected chi connectivity index (χ4v) is 4.73. The van der Waals surface area contributed by atoms with Crippen molar-refractivity contribution in [3.8, 4) is 0 Å². The van der Waals surface area contributed by atoms with Crippen LogP contribution in [0.15, 0.2) is 18.3 Å². The summed E-state index contributed by atoms with van der Waals surface area (Å²) < 4.78 is 39.1. The zero-order valence-corrected chi connectivity index (χ0v) is 27.1. The quantitative estimate of drug-likeness (QED) is 0.141. The maximum absolute atomic E-state index is 6.36. The summed E-state index contributed by atoms with van der Waals surface area (Å²) in [4.78, 5) is 9.38. The van der Waals surface area contributed by atoms with Gasteiger partial charge in [-0.3, -0.25) is 0 Å². The van der Waals surface area contributed by atoms with Crippen LogP contribution in [-0.4, -0.2) is 98.1 Å². The first-order valence-corrected chi connectivity index (χ1v) is 17.5. The summed E-state index contributed by atoms with van der Waals surface area (Å²) in [6.07, 6.45) is 7.08. The summed E-state index contributed by atoms with van der Waals surface area (Å²) in [6.45, 7) is 20.5. The van der Waals surface area contributed by atoms with Gasteiger partial charge in [-0.25, -0.2) is 9.97 Å². The molecule has 1 aliphatic carbocycles. The number of hydrogen-bond donors (Lipinski definition) is 0. The minimum atomic E-state index is -1.82. The Labute approximate surface area is 243 Å². The van der Waals surface area contributed by atoms with E-state index in [0.29, 0.717) is 79.3 Å². The van der Waals surface area contributed by atoms with Crippen LogP contribution in [0, 0.1) is 5.41 Å². The molecule has 1 heterocycles. The smallest absolute Gasteiger partial charge is 0.192 e. The van der Waals surface area contributed by atoms with Crippen molar-refractivity contribution >= 4 is 13.9 Å². The van der Waals surface area contributed by atoms with Crippen LogP contribution < -0.4 is 0 Å². The average molecular weight is 583 g/mol. The van der Waals surface area contributed by atoms with Crippen molar-refractivity contribution < 1.29 is 32.8 Å². The molecule has 1 atom stereocenters. The molecular formula is C30H54N2O7Si. The van der Waals surface area contributed by atoms with Gasteiger partial charge in [0.25, 0.3) is 0 Å². The van der Waals surface area contributed by atoms with Gasteiger partial charge in [0.05, 0.1) is 85.0 Å². The van der Waals surface area contributed by atoms with E-state index >= 15 is 0 Å². The Balaban J connectivity index is 1.56. The SMILES string of the molecule is COCCOCCOCCOCCOCCOC[C@@]1(C)CC=C(c2nccc(CO[Si](C)(C)C(C)(C)C)n2)CC1. The van der Waals surface area contributed by atoms with Gasteiger partial charge in [0.2, 0.25) is 0 Å². The second kappa shape index (κ2) is 18.3. The largest absolute Gasteiger partial charge is 0.411 e. The Kier molecular flexibility index (Phi) is 16.0. The van der Waals surface area contributed by atoms with E-state index in [9.17, 15) is 0 Å². The molecule has 0 unspecified atom stereocenters. The maximum Gasteiger partial charge on any atom is 0.192 e. The third-order valence-corrected chi connectivity index (χ3v) is 12.1. The Morgan fingerprint density at radius 1 is 0.850 bits per heavy atom. The fourth-order valence-electron chi connectivity index (χ4n) is 3.79. The number of nitrogens with zero attached hydrogens (tertiary/aromatic N) is 2. The summed E-state index contributed by atoms with van der Waals surface area (Å²) in [7, 11) is -0.161. The van der Waals surface area contributed by atoms with E-state index in [2.05, 4.69) is 51.8 Å². The van der Waals surface area contributed by atoms with Crippen LogP contribution in [0.1, 0.15) is 58.5 Å². The van der Waals surface area contributed by atoms with Crippen LogP contribution in [-0.2, 0) is 39.5 Å². The second-order valence-corrected chi connectivity index (χ2v) is 17.0. The number of aromatic nitrogens is 2. The van der Waals surface area contributed by atoms with Crippen LogP contribution in [0.2, 0.25) is 18.1 Å². The van der Waals surface area contributed by atoms with E-state index in [4.69, 9.17) is 37.8 Å². The van der Waals surface area contributed by atoms with Gasteiger partial charge < -0.3 is 32.8 Å². The van der Waals surface area contributed by atoms with E-state index in [1.54, 1.807) is 7.11 Å². The lowest BCUT2D eigenvalue weighted by molar-refractivity contribution is -0.0223. The Morgan fingerprint density at radius 3 is 1.90 bits per heavy atom. The standard InChI is InChI=1S/C30H54N2O7Si/c1-29(2,3)40(6,7)39-24-27-10-13-31-28(32-27)26-8-11-30(4,12-9-26)25-38-23-22-37-21-20-36-19-18-35-17-16-34-15-14-33-5/h8,10,13H,9,11-12,14-25H2,1-7H3/t30-/m0/s1. The summed E-state index contributed by atoms with van der Waals surface area (Å²) in [5.41, 5.74) is 2.28. The number of hydrogen-bond acceptors (Lipinski definition) is 9. The first kappa shape index (κ1) is 35.0. The second-order valence-electron chi connectivity index (χ2n) is 12.2. The highest BCUT2D eigenvalue weighted by Gasteiger charge is 2.37. The molecule has 0 radical (unpaired) electrons. The van der Waals surface area contributed by atoms with Gasteiger partial charge in [0.15, 0.2) is 14.1 Å². The monoisotopic (exact) mass is 582 g/mol. The summed E-state index contributed by atoms with van der Waals surface area (Å²) in [5, 5.41) is 0.179. The normalized spacial score (nSPS) is 18.2. The Morgan fingerprint density at radius 2 is 1.40 bits per heavy atom. The molecule has 1 aliphatic rings. The zero-order chi connectivity index (χ0) is 29.3. The molecule has 1 aromatic rings. The molecule has 9 nitrogen and oxygen atoms in total. The first-order valence-electron chi connectivity index (χ1n) is 14.6. The van der Waals surface area contributed by atoms with E-state index in [0.717, 1.165) is 30.8 Å². The topological polar surface area (TPSA) is 90.4 Å². The van der Waals surface area contributed by atoms with Crippen LogP contribution in [0.4, 0.5) is 0 Å². The molecule has 0 bridgehead atoms. The van der Waals surface area contributed by atoms with E-state index in [1.807, 2.05) is 12.3 Å². The summed E-state index contributed by atoms with van der Waals surface area (Å²) in [6, 6.07) is 1.96. The van der Waals surface area contributed by atoms with Crippen molar-refractivity contribution in [3.63, 3.8) is 0 Å². The van der Waals surface area contributed by atoms with Crippen LogP contribution in [0.3, 0.4) is 0 Å². The first-order chi connectivity index (χ1) is 19.1. The third kappa shape index (κ3) is 13.6. The molecule has 0 spiro atoms. The molecular weight excluding hydrogens is 528 g/mol. The fraction of sp³-hybridized carbons (Fsp3) is 0.800. The van der Waals surface area contributed by atoms with E-state index in [1.165, 1.54) is 5.57 Å². The van der Waals surface area contributed by atoms with Crippen LogP contribution in [0.5, 0.6) is 0 Å². The molecule has 0 saturated heterocycles. The molecule has 0 aliphatic heterocycles. The molecule has 0 amide bonds. The van der Waals surface area contributed by atoms with Crippen LogP contribution >= 0.6 is 0 Å². The zero-order valence-electron chi connectivity index (χ0n) is 26.1. The van der Waals surface area contributed by atoms with Gasteiger partial charge in [-0.2, -0.15) is 0 Å². The number of methoxy groups -OCH3 is 1. The van der Waals surface area contributed by atoms with Crippen molar-refractivity contribution in [2.75, 3.05) is 79.8 Å². The predicted octanol–water partition coefficient (Wildman–Crippen LogP) is 5.30. The summed E-state index contributed by atoms with van der Waals surface area (Å²) >= 11 is 0. The van der Waals surface area contributed by atoms with Gasteiger partial charge in [-0.05, 0) is 54.4 Å². The number of ether oxygens (including phenoxy) is 6. The lowest BCUT2D eigenvalue weighted by atomic mass is 9.77. The molecule has 10 heteroatoms. The predicted molar refractivity (Wildman–Crippen MR) is 160 cm³/mol. The van der Waals surface area contributed by atoms with Crippen molar-refractivity contribution in [1.82, 2.24) is 9.97 Å². The lowest BCUT2D eigenvalue weighted by Crippen LogP contribution is -2.40. The molecule has 1 aromatic heterocycles. The molecule has 0 saturated carbocycles. The van der Waals surface area contributed by atoms with Gasteiger partial charge in [0, 0.05) is 13.3 Å². The highest BCUT2D eigenvalue weighted by atomic mass is 28.4. The van der Waals surface area contributed by atoms with Crippen molar-refractivity contribution in [2.24, 2.45) is 5.41 Å². The van der Waals surface area contributed by atoms with Gasteiger partial charge in [-0.1, -0.05) is 33.8 Å². The maximum atomic E-state index is 6.36. The summed E-state index contributed by atoms with van der Waals surface area (Å²) in [5.74, 6) is 0.827. The lowest BCUT2D eigenvalue weighted by Gasteiger charge is -2.36. The minimum Gasteiger partial charge on any atom is -0.411 e. The van der Waals surface area contributed by atoms with E-state index < -0.39 is 8.32 Å². The molecule has 0 aromatic carbocycles. The average Bonchev–Trinajstić information content (AvgIpc) is 2.92. The van der Waals surface area contributed by atoms with Gasteiger partial charge in [0.1, 0.15) is 0 Å². The highest BCUT2D eigenvalue weighted by molar-refractivity contribution is 6.74. The number of allylic oxidation sites excluding steroid dienone is 2. The van der Waals surface area contributed by atoms with Crippen molar-refractivity contribution in [1.29, 1.82) is 0 Å². The Hall–Kier alpha value is -1.24. The number of rotatable bonds is 21. The van der Waals surface area contributed by atoms with Gasteiger partial charge >= 0.3 is 0 Å².